The lowest BCUT2D eigenvalue weighted by atomic mass is 9.76. The number of allylic oxidation sites excluding steroid dienone is 4. The third-order valence-electron chi connectivity index (χ3n) is 10.1. The first-order valence-electron chi connectivity index (χ1n) is 18.2. The molecule has 2 aromatic carbocycles. The molecular formula is C43H49F2N5O4. The number of halogens is 2. The second-order valence-corrected chi connectivity index (χ2v) is 13.9. The predicted molar refractivity (Wildman–Crippen MR) is 210 cm³/mol. The summed E-state index contributed by atoms with van der Waals surface area (Å²) in [5.74, 6) is -2.91. The lowest BCUT2D eigenvalue weighted by Gasteiger charge is -2.48. The number of aromatic amines is 1. The monoisotopic (exact) mass is 737 g/mol. The van der Waals surface area contributed by atoms with Crippen LogP contribution in [0.15, 0.2) is 102 Å². The summed E-state index contributed by atoms with van der Waals surface area (Å²) in [6, 6.07) is 11.8. The highest BCUT2D eigenvalue weighted by Crippen LogP contribution is 2.39. The Balaban J connectivity index is 0.00000181. The van der Waals surface area contributed by atoms with Gasteiger partial charge in [0.25, 0.3) is 17.7 Å². The number of amides is 3. The molecule has 3 N–H and O–H groups in total. The zero-order valence-corrected chi connectivity index (χ0v) is 31.5. The first-order chi connectivity index (χ1) is 25.9. The van der Waals surface area contributed by atoms with Crippen LogP contribution < -0.4 is 10.6 Å². The van der Waals surface area contributed by atoms with E-state index in [4.69, 9.17) is 4.74 Å². The number of carbonyl (C=O) groups excluding carboxylic acids is 3. The molecule has 3 aliphatic heterocycles. The average Bonchev–Trinajstić information content (AvgIpc) is 3.48. The number of ether oxygens (including phenoxy) is 1. The van der Waals surface area contributed by atoms with Crippen LogP contribution in [0.1, 0.15) is 79.1 Å². The topological polar surface area (TPSA) is 107 Å². The number of carbonyl (C=O) groups is 3. The summed E-state index contributed by atoms with van der Waals surface area (Å²) in [5.41, 5.74) is 5.43. The van der Waals surface area contributed by atoms with Gasteiger partial charge < -0.3 is 30.2 Å². The van der Waals surface area contributed by atoms with Gasteiger partial charge in [-0.15, -0.1) is 6.58 Å². The summed E-state index contributed by atoms with van der Waals surface area (Å²) < 4.78 is 33.7. The number of nitrogens with one attached hydrogen (secondary N) is 3. The van der Waals surface area contributed by atoms with Gasteiger partial charge in [0.15, 0.2) is 0 Å². The number of piperidine rings is 1. The van der Waals surface area contributed by atoms with E-state index < -0.39 is 23.2 Å². The Morgan fingerprint density at radius 1 is 0.981 bits per heavy atom. The van der Waals surface area contributed by atoms with E-state index in [9.17, 15) is 23.2 Å². The van der Waals surface area contributed by atoms with Gasteiger partial charge in [-0.25, -0.2) is 8.78 Å². The molecule has 1 aromatic heterocycles. The molecule has 0 aliphatic carbocycles. The minimum absolute atomic E-state index is 0.126. The van der Waals surface area contributed by atoms with Crippen LogP contribution in [0.5, 0.6) is 0 Å². The van der Waals surface area contributed by atoms with Crippen molar-refractivity contribution in [3.63, 3.8) is 0 Å². The zero-order valence-electron chi connectivity index (χ0n) is 31.5. The van der Waals surface area contributed by atoms with Crippen LogP contribution in [0.25, 0.3) is 6.08 Å². The van der Waals surface area contributed by atoms with Crippen LogP contribution >= 0.6 is 0 Å². The number of H-pyrrole nitrogens is 1. The van der Waals surface area contributed by atoms with Crippen LogP contribution in [-0.4, -0.2) is 65.4 Å². The molecule has 0 bridgehead atoms. The van der Waals surface area contributed by atoms with Gasteiger partial charge >= 0.3 is 0 Å². The number of hydrogen-bond acceptors (Lipinski definition) is 5. The molecule has 54 heavy (non-hydrogen) atoms. The van der Waals surface area contributed by atoms with E-state index in [0.29, 0.717) is 46.6 Å². The van der Waals surface area contributed by atoms with Crippen molar-refractivity contribution in [3.8, 4) is 0 Å². The number of para-hydroxylation sites is 1. The second-order valence-electron chi connectivity index (χ2n) is 13.9. The minimum Gasteiger partial charge on any atom is -0.380 e. The SMILES string of the molecule is C=CC.C=CC1=Cc2[nH]c(C(=O)Nc3c(F)cccc3F)cc2CCN1C(=O)c1ccc(NC(=O)C(/C=C(/C)CC)=C(/C)N2CCC3(CC2)COC3)cc1. The molecule has 3 amide bonds. The lowest BCUT2D eigenvalue weighted by Crippen LogP contribution is -2.50. The molecule has 9 nitrogen and oxygen atoms in total. The Bertz CT molecular complexity index is 1980. The van der Waals surface area contributed by atoms with Gasteiger partial charge in [0, 0.05) is 53.4 Å². The van der Waals surface area contributed by atoms with Crippen LogP contribution in [0.3, 0.4) is 0 Å². The standard InChI is InChI=1S/C40H43F2N5O4.C3H6/c1-5-25(3)20-31(26(4)46-18-15-40(16-19-46)23-51-24-40)37(48)43-29-12-10-27(11-13-29)39(50)47-17-14-28-21-35(44-34(28)22-30(47)6-2)38(49)45-36-32(41)8-7-9-33(36)42;1-3-2/h6-13,20-22,44H,2,5,14-19,23-24H2,1,3-4H3,(H,43,48)(H,45,49);3H,1H2,2H3/b25-20-,31-26-;. The highest BCUT2D eigenvalue weighted by molar-refractivity contribution is 6.07. The number of nitrogens with zero attached hydrogens (tertiary/aromatic N) is 2. The quantitative estimate of drug-likeness (QED) is 0.116. The van der Waals surface area contributed by atoms with Crippen molar-refractivity contribution in [2.45, 2.75) is 53.4 Å². The van der Waals surface area contributed by atoms with E-state index >= 15 is 0 Å². The largest absolute Gasteiger partial charge is 0.380 e. The smallest absolute Gasteiger partial charge is 0.272 e. The summed E-state index contributed by atoms with van der Waals surface area (Å²) in [7, 11) is 0. The number of likely N-dealkylation sites (tertiary alicyclic amines) is 1. The molecule has 2 fully saturated rings. The van der Waals surface area contributed by atoms with Crippen molar-refractivity contribution >= 4 is 35.2 Å². The zero-order chi connectivity index (χ0) is 39.0. The van der Waals surface area contributed by atoms with Crippen LogP contribution in [-0.2, 0) is 16.0 Å². The second kappa shape index (κ2) is 17.5. The molecule has 0 unspecified atom stereocenters. The maximum atomic E-state index is 14.1. The Morgan fingerprint density at radius 3 is 2.20 bits per heavy atom. The van der Waals surface area contributed by atoms with Crippen LogP contribution in [0.4, 0.5) is 20.2 Å². The number of aromatic nitrogens is 1. The van der Waals surface area contributed by atoms with Gasteiger partial charge in [0.05, 0.1) is 18.8 Å². The van der Waals surface area contributed by atoms with E-state index in [1.54, 1.807) is 53.5 Å². The van der Waals surface area contributed by atoms with E-state index in [0.717, 1.165) is 74.5 Å². The fourth-order valence-electron chi connectivity index (χ4n) is 6.64. The van der Waals surface area contributed by atoms with Crippen molar-refractivity contribution in [2.24, 2.45) is 5.41 Å². The summed E-state index contributed by atoms with van der Waals surface area (Å²) in [5, 5.41) is 5.32. The van der Waals surface area contributed by atoms with Crippen LogP contribution in [0.2, 0.25) is 0 Å². The Labute approximate surface area is 316 Å². The van der Waals surface area contributed by atoms with Crippen molar-refractivity contribution in [1.82, 2.24) is 14.8 Å². The van der Waals surface area contributed by atoms with Gasteiger partial charge in [0.1, 0.15) is 23.0 Å². The predicted octanol–water partition coefficient (Wildman–Crippen LogP) is 8.64. The number of benzene rings is 2. The summed E-state index contributed by atoms with van der Waals surface area (Å²) >= 11 is 0. The highest BCUT2D eigenvalue weighted by atomic mass is 19.1. The number of hydrogen-bond donors (Lipinski definition) is 3. The summed E-state index contributed by atoms with van der Waals surface area (Å²) in [6.07, 6.45) is 10.3. The fraction of sp³-hybridized carbons (Fsp3) is 0.326. The number of rotatable bonds is 9. The molecule has 0 radical (unpaired) electrons. The maximum absolute atomic E-state index is 14.1. The molecule has 0 saturated carbocycles. The van der Waals surface area contributed by atoms with E-state index in [1.807, 2.05) is 26.8 Å². The van der Waals surface area contributed by atoms with E-state index in [2.05, 4.69) is 40.6 Å². The summed E-state index contributed by atoms with van der Waals surface area (Å²) in [6.45, 7) is 19.0. The molecular weight excluding hydrogens is 688 g/mol. The lowest BCUT2D eigenvalue weighted by molar-refractivity contribution is -0.137. The first-order valence-corrected chi connectivity index (χ1v) is 18.2. The Hall–Kier alpha value is -5.55. The molecule has 3 aromatic rings. The first kappa shape index (κ1) is 39.7. The molecule has 2 saturated heterocycles. The van der Waals surface area contributed by atoms with Gasteiger partial charge in [-0.2, -0.15) is 0 Å². The van der Waals surface area contributed by atoms with Gasteiger partial charge in [-0.05, 0) is 113 Å². The van der Waals surface area contributed by atoms with E-state index in [1.165, 1.54) is 6.07 Å². The molecule has 3 aliphatic rings. The molecule has 1 spiro atoms. The van der Waals surface area contributed by atoms with Crippen molar-refractivity contribution in [1.29, 1.82) is 0 Å². The Kier molecular flexibility index (Phi) is 12.9. The molecule has 284 valence electrons. The molecule has 11 heteroatoms. The van der Waals surface area contributed by atoms with Gasteiger partial charge in [0.2, 0.25) is 0 Å². The normalized spacial score (nSPS) is 16.7. The minimum atomic E-state index is -0.878. The fourth-order valence-corrected chi connectivity index (χ4v) is 6.64. The Morgan fingerprint density at radius 2 is 1.63 bits per heavy atom. The van der Waals surface area contributed by atoms with E-state index in [-0.39, 0.29) is 17.5 Å². The highest BCUT2D eigenvalue weighted by Gasteiger charge is 2.41. The average molecular weight is 738 g/mol. The van der Waals surface area contributed by atoms with Crippen molar-refractivity contribution in [3.05, 3.63) is 137 Å². The van der Waals surface area contributed by atoms with Gasteiger partial charge in [-0.3, -0.25) is 14.4 Å². The molecule has 6 rings (SSSR count). The third-order valence-corrected chi connectivity index (χ3v) is 10.1. The van der Waals surface area contributed by atoms with Crippen molar-refractivity contribution in [2.75, 3.05) is 43.5 Å². The summed E-state index contributed by atoms with van der Waals surface area (Å²) in [4.78, 5) is 47.2. The molecule has 0 atom stereocenters. The maximum Gasteiger partial charge on any atom is 0.272 e. The van der Waals surface area contributed by atoms with Crippen LogP contribution in [0, 0.1) is 17.0 Å². The number of fused-ring (bicyclic) bond motifs is 1. The van der Waals surface area contributed by atoms with Crippen molar-refractivity contribution < 1.29 is 27.9 Å². The number of anilines is 2. The molecule has 4 heterocycles. The third kappa shape index (κ3) is 8.97. The van der Waals surface area contributed by atoms with Gasteiger partial charge in [-0.1, -0.05) is 31.2 Å².